The van der Waals surface area contributed by atoms with Gasteiger partial charge < -0.3 is 30.0 Å². The quantitative estimate of drug-likeness (QED) is 0.402. The topological polar surface area (TPSA) is 124 Å². The van der Waals surface area contributed by atoms with Crippen LogP contribution in [-0.4, -0.2) is 64.6 Å². The molecule has 11 nitrogen and oxygen atoms in total. The molecule has 2 atom stereocenters. The van der Waals surface area contributed by atoms with E-state index in [1.165, 1.54) is 6.20 Å². The maximum Gasteiger partial charge on any atom is 0.274 e. The summed E-state index contributed by atoms with van der Waals surface area (Å²) in [5.74, 6) is 1.29. The smallest absolute Gasteiger partial charge is 0.274 e. The average molecular weight is 510 g/mol. The van der Waals surface area contributed by atoms with Crippen LogP contribution >= 0.6 is 0 Å². The molecule has 5 rings (SSSR count). The summed E-state index contributed by atoms with van der Waals surface area (Å²) in [5.41, 5.74) is 1.08. The molecule has 2 fully saturated rings. The Bertz CT molecular complexity index is 1310. The van der Waals surface area contributed by atoms with Gasteiger partial charge in [-0.25, -0.2) is 4.98 Å². The van der Waals surface area contributed by atoms with Gasteiger partial charge in [-0.3, -0.25) is 9.59 Å². The third-order valence-corrected chi connectivity index (χ3v) is 7.53. The van der Waals surface area contributed by atoms with Gasteiger partial charge in [0.05, 0.1) is 18.4 Å². The first-order valence-electron chi connectivity index (χ1n) is 12.9. The van der Waals surface area contributed by atoms with Crippen molar-refractivity contribution in [3.05, 3.63) is 46.5 Å². The summed E-state index contributed by atoms with van der Waals surface area (Å²) >= 11 is 0. The molecule has 37 heavy (non-hydrogen) atoms. The number of nitrogens with zero attached hydrogens (tertiary/aromatic N) is 4. The van der Waals surface area contributed by atoms with E-state index in [4.69, 9.17) is 9.47 Å². The van der Waals surface area contributed by atoms with Gasteiger partial charge in [0.2, 0.25) is 0 Å². The summed E-state index contributed by atoms with van der Waals surface area (Å²) in [7, 11) is 5.21. The third-order valence-electron chi connectivity index (χ3n) is 7.53. The van der Waals surface area contributed by atoms with E-state index in [-0.39, 0.29) is 23.6 Å². The van der Waals surface area contributed by atoms with Crippen LogP contribution in [0.3, 0.4) is 0 Å². The lowest BCUT2D eigenvalue weighted by Crippen LogP contribution is -2.40. The van der Waals surface area contributed by atoms with Crippen molar-refractivity contribution in [2.24, 2.45) is 5.92 Å². The number of hydrogen-bond donors (Lipinski definition) is 3. The Balaban J connectivity index is 1.37. The third kappa shape index (κ3) is 5.33. The predicted octanol–water partition coefficient (Wildman–Crippen LogP) is 2.79. The molecule has 3 aromatic rings. The van der Waals surface area contributed by atoms with Gasteiger partial charge in [0.15, 0.2) is 5.65 Å². The van der Waals surface area contributed by atoms with E-state index in [0.717, 1.165) is 38.5 Å². The van der Waals surface area contributed by atoms with Crippen molar-refractivity contribution >= 4 is 28.9 Å². The largest absolute Gasteiger partial charge is 0.381 e. The van der Waals surface area contributed by atoms with E-state index in [0.29, 0.717) is 47.1 Å². The molecule has 3 aromatic heterocycles. The second kappa shape index (κ2) is 10.9. The Kier molecular flexibility index (Phi) is 7.43. The van der Waals surface area contributed by atoms with E-state index in [1.54, 1.807) is 42.5 Å². The molecule has 2 aliphatic rings. The first-order valence-corrected chi connectivity index (χ1v) is 12.9. The number of carbonyl (C=O) groups excluding carboxylic acids is 1. The van der Waals surface area contributed by atoms with Crippen LogP contribution in [-0.2, 0) is 16.0 Å². The molecule has 0 spiro atoms. The number of pyridine rings is 1. The van der Waals surface area contributed by atoms with Crippen molar-refractivity contribution in [2.45, 2.75) is 63.3 Å². The zero-order valence-electron chi connectivity index (χ0n) is 21.6. The van der Waals surface area contributed by atoms with E-state index in [1.807, 2.05) is 12.3 Å². The van der Waals surface area contributed by atoms with E-state index in [9.17, 15) is 9.59 Å². The minimum absolute atomic E-state index is 0.0452. The van der Waals surface area contributed by atoms with Crippen LogP contribution in [0.25, 0.3) is 5.65 Å². The minimum atomic E-state index is -0.222. The average Bonchev–Trinajstić information content (AvgIpc) is 3.31. The number of carbonyl (C=O) groups is 1. The van der Waals surface area contributed by atoms with Crippen LogP contribution in [0.15, 0.2) is 35.4 Å². The lowest BCUT2D eigenvalue weighted by Gasteiger charge is -2.34. The summed E-state index contributed by atoms with van der Waals surface area (Å²) in [6.45, 7) is 0.653. The maximum atomic E-state index is 13.2. The summed E-state index contributed by atoms with van der Waals surface area (Å²) in [6.07, 6.45) is 9.44. The first-order chi connectivity index (χ1) is 18.0. The Morgan fingerprint density at radius 3 is 2.73 bits per heavy atom. The molecule has 198 valence electrons. The molecular weight excluding hydrogens is 474 g/mol. The predicted molar refractivity (Wildman–Crippen MR) is 141 cm³/mol. The number of hydrogen-bond acceptors (Lipinski definition) is 8. The first kappa shape index (κ1) is 25.2. The molecular formula is C26H35N7O4. The normalized spacial score (nSPS) is 23.4. The van der Waals surface area contributed by atoms with Gasteiger partial charge in [-0.15, -0.1) is 0 Å². The molecule has 3 heterocycles. The molecule has 0 aromatic carbocycles. The van der Waals surface area contributed by atoms with Gasteiger partial charge in [0, 0.05) is 46.1 Å². The summed E-state index contributed by atoms with van der Waals surface area (Å²) in [5, 5.41) is 13.8. The highest BCUT2D eigenvalue weighted by Crippen LogP contribution is 2.30. The fraction of sp³-hybridized carbons (Fsp3) is 0.538. The monoisotopic (exact) mass is 509 g/mol. The number of ether oxygens (including phenoxy) is 2. The van der Waals surface area contributed by atoms with Gasteiger partial charge in [0.1, 0.15) is 22.9 Å². The maximum absolute atomic E-state index is 13.2. The summed E-state index contributed by atoms with van der Waals surface area (Å²) in [4.78, 5) is 31.0. The number of amides is 1. The Morgan fingerprint density at radius 2 is 1.97 bits per heavy atom. The van der Waals surface area contributed by atoms with Crippen molar-refractivity contribution < 1.29 is 14.3 Å². The number of methoxy groups -OCH3 is 2. The molecule has 2 aliphatic carbocycles. The van der Waals surface area contributed by atoms with Crippen molar-refractivity contribution in [2.75, 3.05) is 31.9 Å². The highest BCUT2D eigenvalue weighted by atomic mass is 16.5. The molecule has 2 saturated carbocycles. The van der Waals surface area contributed by atoms with Crippen LogP contribution in [0.1, 0.15) is 48.9 Å². The molecule has 0 radical (unpaired) electrons. The van der Waals surface area contributed by atoms with Gasteiger partial charge in [-0.05, 0) is 56.6 Å². The SMILES string of the molecule is CNc1cc(Nc2cccn(CC3CC(OC)C3)c2=O)nc2c(C(=O)N[C@@H]3CCC[C@@H](OC)C3)cnn12. The molecule has 3 N–H and O–H groups in total. The van der Waals surface area contributed by atoms with E-state index < -0.39 is 0 Å². The molecule has 1 amide bonds. The zero-order valence-corrected chi connectivity index (χ0v) is 21.6. The Hall–Kier alpha value is -3.44. The fourth-order valence-corrected chi connectivity index (χ4v) is 5.33. The van der Waals surface area contributed by atoms with Crippen molar-refractivity contribution in [1.29, 1.82) is 0 Å². The zero-order chi connectivity index (χ0) is 25.9. The van der Waals surface area contributed by atoms with Crippen LogP contribution in [0, 0.1) is 5.92 Å². The Morgan fingerprint density at radius 1 is 1.16 bits per heavy atom. The lowest BCUT2D eigenvalue weighted by molar-refractivity contribution is -0.00466. The summed E-state index contributed by atoms with van der Waals surface area (Å²) in [6, 6.07) is 5.39. The Labute approximate surface area is 215 Å². The van der Waals surface area contributed by atoms with Gasteiger partial charge in [-0.1, -0.05) is 0 Å². The molecule has 0 bridgehead atoms. The van der Waals surface area contributed by atoms with Crippen LogP contribution in [0.5, 0.6) is 0 Å². The lowest BCUT2D eigenvalue weighted by atomic mass is 9.82. The van der Waals surface area contributed by atoms with Crippen molar-refractivity contribution in [3.8, 4) is 0 Å². The number of rotatable bonds is 9. The second-order valence-corrected chi connectivity index (χ2v) is 9.96. The van der Waals surface area contributed by atoms with Crippen molar-refractivity contribution in [1.82, 2.24) is 24.5 Å². The van der Waals surface area contributed by atoms with E-state index in [2.05, 4.69) is 26.0 Å². The van der Waals surface area contributed by atoms with E-state index >= 15 is 0 Å². The highest BCUT2D eigenvalue weighted by Gasteiger charge is 2.29. The van der Waals surface area contributed by atoms with Gasteiger partial charge in [-0.2, -0.15) is 9.61 Å². The molecule has 0 aliphatic heterocycles. The number of fused-ring (bicyclic) bond motifs is 1. The minimum Gasteiger partial charge on any atom is -0.381 e. The van der Waals surface area contributed by atoms with Crippen molar-refractivity contribution in [3.63, 3.8) is 0 Å². The molecule has 0 unspecified atom stereocenters. The summed E-state index contributed by atoms with van der Waals surface area (Å²) < 4.78 is 14.2. The standard InChI is InChI=1S/C26H35N7O4/c1-27-23-13-22(30-21-8-5-9-32(26(21)35)15-16-10-19(11-16)37-3)31-24-20(14-28-33(23)24)25(34)29-17-6-4-7-18(12-17)36-2/h5,8-9,13-14,16-19,27H,4,6-7,10-12,15H2,1-3H3,(H,29,34)(H,30,31)/t16?,17-,18-,19?/m1/s1. The highest BCUT2D eigenvalue weighted by molar-refractivity contribution is 6.00. The van der Waals surface area contributed by atoms with Crippen LogP contribution in [0.2, 0.25) is 0 Å². The number of nitrogens with one attached hydrogen (secondary N) is 3. The molecule has 11 heteroatoms. The second-order valence-electron chi connectivity index (χ2n) is 9.96. The van der Waals surface area contributed by atoms with Crippen LogP contribution in [0.4, 0.5) is 17.3 Å². The van der Waals surface area contributed by atoms with Crippen LogP contribution < -0.4 is 21.5 Å². The number of anilines is 3. The number of aromatic nitrogens is 4. The molecule has 0 saturated heterocycles. The van der Waals surface area contributed by atoms with Gasteiger partial charge in [0.25, 0.3) is 11.5 Å². The van der Waals surface area contributed by atoms with Gasteiger partial charge >= 0.3 is 0 Å². The fourth-order valence-electron chi connectivity index (χ4n) is 5.33.